The van der Waals surface area contributed by atoms with Crippen LogP contribution >= 0.6 is 0 Å². The third kappa shape index (κ3) is 4.64. The molecule has 0 aromatic carbocycles. The Kier molecular flexibility index (Phi) is 6.22. The zero-order valence-corrected chi connectivity index (χ0v) is 12.4. The van der Waals surface area contributed by atoms with Crippen molar-refractivity contribution in [2.45, 2.75) is 25.4 Å². The summed E-state index contributed by atoms with van der Waals surface area (Å²) in [5.74, 6) is -1.03. The fourth-order valence-electron chi connectivity index (χ4n) is 2.34. The van der Waals surface area contributed by atoms with Crippen molar-refractivity contribution in [1.82, 2.24) is 9.80 Å². The maximum Gasteiger partial charge on any atom is 0.323 e. The quantitative estimate of drug-likeness (QED) is 0.776. The first kappa shape index (κ1) is 16.7. The number of piperidine rings is 1. The number of rotatable bonds is 6. The van der Waals surface area contributed by atoms with E-state index in [2.05, 4.69) is 0 Å². The fourth-order valence-corrected chi connectivity index (χ4v) is 2.34. The lowest BCUT2D eigenvalue weighted by atomic mass is 9.95. The lowest BCUT2D eigenvalue weighted by Crippen LogP contribution is -2.54. The Labute approximate surface area is 119 Å². The van der Waals surface area contributed by atoms with Crippen molar-refractivity contribution in [3.05, 3.63) is 0 Å². The molecule has 1 rings (SSSR count). The predicted molar refractivity (Wildman–Crippen MR) is 72.7 cm³/mol. The number of carboxylic acids is 1. The highest BCUT2D eigenvalue weighted by atomic mass is 16.5. The second kappa shape index (κ2) is 7.44. The van der Waals surface area contributed by atoms with E-state index in [0.717, 1.165) is 12.8 Å². The van der Waals surface area contributed by atoms with Gasteiger partial charge in [-0.1, -0.05) is 0 Å². The van der Waals surface area contributed by atoms with E-state index in [-0.39, 0.29) is 24.7 Å². The van der Waals surface area contributed by atoms with Crippen molar-refractivity contribution in [2.24, 2.45) is 0 Å². The zero-order chi connectivity index (χ0) is 15.2. The van der Waals surface area contributed by atoms with E-state index in [4.69, 9.17) is 14.6 Å². The van der Waals surface area contributed by atoms with Crippen molar-refractivity contribution in [2.75, 3.05) is 47.0 Å². The van der Waals surface area contributed by atoms with Crippen LogP contribution in [0.25, 0.3) is 0 Å². The highest BCUT2D eigenvalue weighted by molar-refractivity contribution is 5.80. The third-order valence-electron chi connectivity index (χ3n) is 3.58. The number of carboxylic acid groups (broad SMARTS) is 1. The van der Waals surface area contributed by atoms with Crippen molar-refractivity contribution < 1.29 is 24.2 Å². The second-order valence-electron chi connectivity index (χ2n) is 5.27. The van der Waals surface area contributed by atoms with Crippen molar-refractivity contribution in [3.63, 3.8) is 0 Å². The van der Waals surface area contributed by atoms with Crippen LogP contribution in [-0.2, 0) is 14.3 Å². The second-order valence-corrected chi connectivity index (χ2v) is 5.27. The molecule has 0 aliphatic carbocycles. The van der Waals surface area contributed by atoms with Crippen LogP contribution in [0.2, 0.25) is 0 Å². The molecule has 1 unspecified atom stereocenters. The highest BCUT2D eigenvalue weighted by Crippen LogP contribution is 2.24. The Bertz CT molecular complexity index is 350. The van der Waals surface area contributed by atoms with E-state index in [1.165, 1.54) is 12.0 Å². The molecular formula is C13H24N2O5. The average molecular weight is 288 g/mol. The van der Waals surface area contributed by atoms with E-state index < -0.39 is 5.97 Å². The molecule has 1 aliphatic heterocycles. The van der Waals surface area contributed by atoms with E-state index in [0.29, 0.717) is 19.7 Å². The Morgan fingerprint density at radius 2 is 2.10 bits per heavy atom. The molecule has 0 spiro atoms. The Morgan fingerprint density at radius 1 is 1.40 bits per heavy atom. The van der Waals surface area contributed by atoms with Crippen LogP contribution in [0.1, 0.15) is 19.8 Å². The third-order valence-corrected chi connectivity index (χ3v) is 3.58. The number of ether oxygens (including phenoxy) is 2. The summed E-state index contributed by atoms with van der Waals surface area (Å²) < 4.78 is 10.4. The van der Waals surface area contributed by atoms with Crippen LogP contribution in [0.15, 0.2) is 0 Å². The van der Waals surface area contributed by atoms with Crippen molar-refractivity contribution >= 4 is 12.0 Å². The number of carbonyl (C=O) groups is 2. The minimum Gasteiger partial charge on any atom is -0.480 e. The van der Waals surface area contributed by atoms with E-state index in [1.807, 2.05) is 6.92 Å². The van der Waals surface area contributed by atoms with Crippen LogP contribution in [-0.4, -0.2) is 79.5 Å². The molecule has 1 fully saturated rings. The molecule has 0 radical (unpaired) electrons. The summed E-state index contributed by atoms with van der Waals surface area (Å²) in [6.07, 6.45) is 1.74. The van der Waals surface area contributed by atoms with Gasteiger partial charge < -0.3 is 24.4 Å². The minimum absolute atomic E-state index is 0.266. The number of urea groups is 1. The molecule has 1 saturated heterocycles. The van der Waals surface area contributed by atoms with Gasteiger partial charge in [-0.25, -0.2) is 4.79 Å². The monoisotopic (exact) mass is 288 g/mol. The van der Waals surface area contributed by atoms with E-state index in [9.17, 15) is 9.59 Å². The molecule has 20 heavy (non-hydrogen) atoms. The molecule has 0 saturated carbocycles. The van der Waals surface area contributed by atoms with Gasteiger partial charge in [-0.05, 0) is 19.8 Å². The molecule has 1 N–H and O–H groups in total. The summed E-state index contributed by atoms with van der Waals surface area (Å²) in [7, 11) is 3.15. The van der Waals surface area contributed by atoms with Crippen LogP contribution < -0.4 is 0 Å². The van der Waals surface area contributed by atoms with Crippen LogP contribution in [0.5, 0.6) is 0 Å². The number of hydrogen-bond donors (Lipinski definition) is 1. The first-order valence-corrected chi connectivity index (χ1v) is 6.71. The molecular weight excluding hydrogens is 264 g/mol. The molecule has 116 valence electrons. The molecule has 7 nitrogen and oxygen atoms in total. The van der Waals surface area contributed by atoms with Gasteiger partial charge in [-0.2, -0.15) is 0 Å². The number of aliphatic carboxylic acids is 1. The molecule has 1 atom stereocenters. The van der Waals surface area contributed by atoms with Gasteiger partial charge in [-0.15, -0.1) is 0 Å². The maximum atomic E-state index is 12.4. The minimum atomic E-state index is -1.03. The molecule has 7 heteroatoms. The zero-order valence-electron chi connectivity index (χ0n) is 12.4. The van der Waals surface area contributed by atoms with Crippen LogP contribution in [0.3, 0.4) is 0 Å². The normalized spacial score (nSPS) is 22.6. The number of carbonyl (C=O) groups excluding carboxylic acids is 1. The number of likely N-dealkylation sites (tertiary alicyclic amines) is 1. The molecule has 1 aliphatic rings. The van der Waals surface area contributed by atoms with Gasteiger partial charge in [0, 0.05) is 27.3 Å². The molecule has 1 heterocycles. The summed E-state index contributed by atoms with van der Waals surface area (Å²) in [6, 6.07) is -0.271. The van der Waals surface area contributed by atoms with Crippen molar-refractivity contribution in [1.29, 1.82) is 0 Å². The summed E-state index contributed by atoms with van der Waals surface area (Å²) in [4.78, 5) is 26.2. The fraction of sp³-hybridized carbons (Fsp3) is 0.846. The molecule has 0 aromatic rings. The smallest absolute Gasteiger partial charge is 0.323 e. The molecule has 2 amide bonds. The van der Waals surface area contributed by atoms with Gasteiger partial charge in [0.05, 0.1) is 18.8 Å². The Hall–Kier alpha value is -1.34. The number of amides is 2. The van der Waals surface area contributed by atoms with E-state index in [1.54, 1.807) is 12.0 Å². The number of hydrogen-bond acceptors (Lipinski definition) is 4. The Morgan fingerprint density at radius 3 is 2.65 bits per heavy atom. The largest absolute Gasteiger partial charge is 0.480 e. The molecule has 0 bridgehead atoms. The summed E-state index contributed by atoms with van der Waals surface area (Å²) in [5, 5.41) is 8.90. The number of nitrogens with zero attached hydrogens (tertiary/aromatic N) is 2. The van der Waals surface area contributed by atoms with Gasteiger partial charge >= 0.3 is 12.0 Å². The summed E-state index contributed by atoms with van der Waals surface area (Å²) in [6.45, 7) is 3.33. The number of methoxy groups -OCH3 is 2. The van der Waals surface area contributed by atoms with Gasteiger partial charge in [0.25, 0.3) is 0 Å². The molecule has 0 aromatic heterocycles. The van der Waals surface area contributed by atoms with E-state index >= 15 is 0 Å². The van der Waals surface area contributed by atoms with Gasteiger partial charge in [0.15, 0.2) is 0 Å². The Balaban J connectivity index is 2.69. The summed E-state index contributed by atoms with van der Waals surface area (Å²) >= 11 is 0. The van der Waals surface area contributed by atoms with Gasteiger partial charge in [-0.3, -0.25) is 4.79 Å². The lowest BCUT2D eigenvalue weighted by Gasteiger charge is -2.41. The van der Waals surface area contributed by atoms with Crippen LogP contribution in [0, 0.1) is 0 Å². The maximum absolute atomic E-state index is 12.4. The first-order chi connectivity index (χ1) is 9.41. The summed E-state index contributed by atoms with van der Waals surface area (Å²) in [5.41, 5.74) is -0.357. The van der Waals surface area contributed by atoms with Gasteiger partial charge in [0.2, 0.25) is 0 Å². The van der Waals surface area contributed by atoms with Crippen molar-refractivity contribution in [3.8, 4) is 0 Å². The standard InChI is InChI=1S/C13H24N2O5/c1-13(20-3)5-4-6-15(10-13)12(18)14(7-8-19-2)9-11(16)17/h4-10H2,1-3H3,(H,16,17). The first-order valence-electron chi connectivity index (χ1n) is 6.71. The van der Waals surface area contributed by atoms with Gasteiger partial charge in [0.1, 0.15) is 6.54 Å². The highest BCUT2D eigenvalue weighted by Gasteiger charge is 2.34. The predicted octanol–water partition coefficient (Wildman–Crippen LogP) is 0.640. The topological polar surface area (TPSA) is 79.3 Å². The lowest BCUT2D eigenvalue weighted by molar-refractivity contribution is -0.138. The average Bonchev–Trinajstić information content (AvgIpc) is 2.42. The SMILES string of the molecule is COCCN(CC(=O)O)C(=O)N1CCCC(C)(OC)C1. The van der Waals surface area contributed by atoms with Crippen LogP contribution in [0.4, 0.5) is 4.79 Å².